The second kappa shape index (κ2) is 4.67. The van der Waals surface area contributed by atoms with Gasteiger partial charge < -0.3 is 15.5 Å². The Balaban J connectivity index is 2.92. The molecule has 1 heterocycles. The maximum atomic E-state index is 7.25. The smallest absolute Gasteiger partial charge is 0.238 e. The standard InChI is InChI=1S/C7H11ClN6O/c1-14(11)5(6(8)10)2-4(9)7-13-12-3-15-7/h2-3,10,13H,9,11H2,1H3/b5-2+,7-4-,10-6?. The van der Waals surface area contributed by atoms with Crippen molar-refractivity contribution < 1.29 is 4.74 Å². The highest BCUT2D eigenvalue weighted by atomic mass is 35.5. The topological polar surface area (TPSA) is 113 Å². The average molecular weight is 231 g/mol. The molecule has 1 aliphatic heterocycles. The highest BCUT2D eigenvalue weighted by Gasteiger charge is 2.10. The van der Waals surface area contributed by atoms with Gasteiger partial charge in [-0.3, -0.25) is 5.41 Å². The first-order valence-corrected chi connectivity index (χ1v) is 4.28. The summed E-state index contributed by atoms with van der Waals surface area (Å²) < 4.78 is 4.91. The highest BCUT2D eigenvalue weighted by molar-refractivity contribution is 6.68. The van der Waals surface area contributed by atoms with Crippen molar-refractivity contribution in [1.29, 1.82) is 5.41 Å². The summed E-state index contributed by atoms with van der Waals surface area (Å²) in [6.45, 7) is 0. The summed E-state index contributed by atoms with van der Waals surface area (Å²) in [5.74, 6) is 5.72. The van der Waals surface area contributed by atoms with Gasteiger partial charge in [0, 0.05) is 7.05 Å². The van der Waals surface area contributed by atoms with Gasteiger partial charge in [-0.15, -0.1) is 5.10 Å². The quantitative estimate of drug-likeness (QED) is 0.299. The fourth-order valence-corrected chi connectivity index (χ4v) is 1.04. The zero-order chi connectivity index (χ0) is 11.4. The Morgan fingerprint density at radius 1 is 1.80 bits per heavy atom. The predicted molar refractivity (Wildman–Crippen MR) is 57.5 cm³/mol. The summed E-state index contributed by atoms with van der Waals surface area (Å²) >= 11 is 5.51. The minimum Gasteiger partial charge on any atom is -0.424 e. The van der Waals surface area contributed by atoms with Crippen LogP contribution in [0.5, 0.6) is 0 Å². The number of rotatable bonds is 3. The number of nitrogens with zero attached hydrogens (tertiary/aromatic N) is 2. The van der Waals surface area contributed by atoms with E-state index in [-0.39, 0.29) is 22.4 Å². The van der Waals surface area contributed by atoms with Gasteiger partial charge in [0.2, 0.25) is 12.3 Å². The number of halogens is 1. The molecule has 0 radical (unpaired) electrons. The molecular formula is C7H11ClN6O. The molecule has 0 saturated carbocycles. The summed E-state index contributed by atoms with van der Waals surface area (Å²) in [6.07, 6.45) is 2.61. The van der Waals surface area contributed by atoms with E-state index in [9.17, 15) is 0 Å². The van der Waals surface area contributed by atoms with Crippen LogP contribution in [-0.2, 0) is 4.74 Å². The van der Waals surface area contributed by atoms with Gasteiger partial charge in [0.1, 0.15) is 5.17 Å². The molecule has 6 N–H and O–H groups in total. The molecule has 7 nitrogen and oxygen atoms in total. The van der Waals surface area contributed by atoms with E-state index in [2.05, 4.69) is 10.5 Å². The molecule has 8 heteroatoms. The van der Waals surface area contributed by atoms with Crippen LogP contribution in [0.3, 0.4) is 0 Å². The Bertz CT molecular complexity index is 348. The summed E-state index contributed by atoms with van der Waals surface area (Å²) in [5.41, 5.74) is 8.68. The largest absolute Gasteiger partial charge is 0.424 e. The van der Waals surface area contributed by atoms with E-state index in [0.29, 0.717) is 0 Å². The van der Waals surface area contributed by atoms with Gasteiger partial charge in [-0.2, -0.15) is 0 Å². The van der Waals surface area contributed by atoms with E-state index in [1.54, 1.807) is 7.05 Å². The van der Waals surface area contributed by atoms with Crippen molar-refractivity contribution >= 4 is 23.2 Å². The van der Waals surface area contributed by atoms with Crippen LogP contribution < -0.4 is 17.0 Å². The van der Waals surface area contributed by atoms with Gasteiger partial charge in [0.05, 0.1) is 11.4 Å². The van der Waals surface area contributed by atoms with Crippen molar-refractivity contribution in [2.24, 2.45) is 16.7 Å². The Hall–Kier alpha value is -1.73. The second-order valence-corrected chi connectivity index (χ2v) is 3.08. The number of nitrogens with one attached hydrogen (secondary N) is 2. The zero-order valence-corrected chi connectivity index (χ0v) is 8.75. The molecule has 0 fully saturated rings. The van der Waals surface area contributed by atoms with Crippen molar-refractivity contribution in [3.05, 3.63) is 23.4 Å². The lowest BCUT2D eigenvalue weighted by molar-refractivity contribution is 0.422. The molecule has 0 aromatic rings. The number of hydrogen-bond donors (Lipinski definition) is 4. The van der Waals surface area contributed by atoms with Crippen LogP contribution in [0.2, 0.25) is 0 Å². The van der Waals surface area contributed by atoms with E-state index in [1.807, 2.05) is 0 Å². The normalized spacial score (nSPS) is 18.2. The molecule has 0 aromatic heterocycles. The lowest BCUT2D eigenvalue weighted by Gasteiger charge is -2.14. The summed E-state index contributed by atoms with van der Waals surface area (Å²) in [7, 11) is 1.54. The van der Waals surface area contributed by atoms with Crippen molar-refractivity contribution in [1.82, 2.24) is 10.4 Å². The van der Waals surface area contributed by atoms with Gasteiger partial charge in [-0.05, 0) is 6.08 Å². The fourth-order valence-electron chi connectivity index (χ4n) is 0.856. The van der Waals surface area contributed by atoms with Gasteiger partial charge in [-0.1, -0.05) is 11.6 Å². The van der Waals surface area contributed by atoms with Crippen molar-refractivity contribution in [2.75, 3.05) is 7.05 Å². The molecule has 82 valence electrons. The van der Waals surface area contributed by atoms with Crippen LogP contribution in [0, 0.1) is 5.41 Å². The first-order valence-electron chi connectivity index (χ1n) is 3.91. The van der Waals surface area contributed by atoms with Crippen LogP contribution in [0.15, 0.2) is 28.5 Å². The van der Waals surface area contributed by atoms with Gasteiger partial charge >= 0.3 is 0 Å². The monoisotopic (exact) mass is 230 g/mol. The molecule has 1 rings (SSSR count). The van der Waals surface area contributed by atoms with Crippen molar-refractivity contribution in [3.63, 3.8) is 0 Å². The van der Waals surface area contributed by atoms with Crippen LogP contribution in [0.1, 0.15) is 0 Å². The third-order valence-electron chi connectivity index (χ3n) is 1.55. The summed E-state index contributed by atoms with van der Waals surface area (Å²) in [4.78, 5) is 0. The third-order valence-corrected chi connectivity index (χ3v) is 1.74. The summed E-state index contributed by atoms with van der Waals surface area (Å²) in [6, 6.07) is 0. The number of hydrazine groups is 1. The molecular weight excluding hydrogens is 220 g/mol. The first kappa shape index (κ1) is 11.3. The fraction of sp³-hybridized carbons (Fsp3) is 0.143. The Labute approximate surface area is 91.5 Å². The number of hydrogen-bond acceptors (Lipinski definition) is 7. The van der Waals surface area contributed by atoms with Crippen LogP contribution in [0.4, 0.5) is 0 Å². The Kier molecular flexibility index (Phi) is 3.53. The van der Waals surface area contributed by atoms with E-state index in [4.69, 9.17) is 33.3 Å². The molecule has 0 saturated heterocycles. The minimum absolute atomic E-state index is 0.220. The Morgan fingerprint density at radius 2 is 2.47 bits per heavy atom. The zero-order valence-electron chi connectivity index (χ0n) is 7.99. The summed E-state index contributed by atoms with van der Waals surface area (Å²) in [5, 5.41) is 11.8. The van der Waals surface area contributed by atoms with E-state index in [0.717, 1.165) is 0 Å². The number of hydrazone groups is 1. The van der Waals surface area contributed by atoms with E-state index < -0.39 is 0 Å². The first-order chi connectivity index (χ1) is 7.02. The van der Waals surface area contributed by atoms with Gasteiger partial charge in [-0.25, -0.2) is 11.3 Å². The van der Waals surface area contributed by atoms with E-state index in [1.165, 1.54) is 17.5 Å². The van der Waals surface area contributed by atoms with E-state index >= 15 is 0 Å². The molecule has 0 amide bonds. The maximum absolute atomic E-state index is 7.25. The maximum Gasteiger partial charge on any atom is 0.238 e. The molecule has 0 atom stereocenters. The second-order valence-electron chi connectivity index (χ2n) is 2.70. The van der Waals surface area contributed by atoms with Crippen LogP contribution in [-0.4, -0.2) is 23.6 Å². The van der Waals surface area contributed by atoms with Gasteiger partial charge in [0.25, 0.3) is 0 Å². The van der Waals surface area contributed by atoms with Crippen LogP contribution >= 0.6 is 11.6 Å². The van der Waals surface area contributed by atoms with Crippen LogP contribution in [0.25, 0.3) is 0 Å². The average Bonchev–Trinajstić information content (AvgIpc) is 2.65. The lowest BCUT2D eigenvalue weighted by Crippen LogP contribution is -2.28. The lowest BCUT2D eigenvalue weighted by atomic mass is 10.3. The predicted octanol–water partition coefficient (Wildman–Crippen LogP) is -0.417. The van der Waals surface area contributed by atoms with Gasteiger partial charge in [0.15, 0.2) is 0 Å². The minimum atomic E-state index is -0.220. The Morgan fingerprint density at radius 3 is 2.87 bits per heavy atom. The SMILES string of the molecule is CN(N)/C(=C/C(N)=C1\NN=CO1)C(=N)Cl. The molecule has 1 aliphatic rings. The van der Waals surface area contributed by atoms with Crippen molar-refractivity contribution in [3.8, 4) is 0 Å². The molecule has 0 bridgehead atoms. The molecule has 0 unspecified atom stereocenters. The molecule has 0 aromatic carbocycles. The third kappa shape index (κ3) is 2.86. The molecule has 15 heavy (non-hydrogen) atoms. The number of nitrogens with two attached hydrogens (primary N) is 2. The number of ether oxygens (including phenoxy) is 1. The number of allylic oxidation sites excluding steroid dienone is 2. The molecule has 0 spiro atoms. The highest BCUT2D eigenvalue weighted by Crippen LogP contribution is 2.09. The molecule has 0 aliphatic carbocycles. The van der Waals surface area contributed by atoms with Crippen molar-refractivity contribution in [2.45, 2.75) is 0 Å².